The number of H-pyrrole nitrogens is 1. The average Bonchev–Trinajstić information content (AvgIpc) is 3.45. The maximum absolute atomic E-state index is 14.3. The summed E-state index contributed by atoms with van der Waals surface area (Å²) in [5, 5.41) is 11.2. The number of nitrogens with zero attached hydrogens (tertiary/aromatic N) is 4. The summed E-state index contributed by atoms with van der Waals surface area (Å²) in [7, 11) is 0. The summed E-state index contributed by atoms with van der Waals surface area (Å²) in [6.45, 7) is 11.2. The quantitative estimate of drug-likeness (QED) is 0.310. The monoisotopic (exact) mass is 596 g/mol. The lowest BCUT2D eigenvalue weighted by Crippen LogP contribution is -2.64. The number of rotatable bonds is 8. The molecule has 0 spiro atoms. The smallest absolute Gasteiger partial charge is 0.408 e. The number of ether oxygens (including phenoxy) is 1. The van der Waals surface area contributed by atoms with Crippen LogP contribution in [0, 0.1) is 0 Å². The van der Waals surface area contributed by atoms with Crippen LogP contribution in [0.5, 0.6) is 0 Å². The summed E-state index contributed by atoms with van der Waals surface area (Å²) in [4.78, 5) is 43.8. The minimum atomic E-state index is -1.15. The lowest BCUT2D eigenvalue weighted by Gasteiger charge is -2.42. The van der Waals surface area contributed by atoms with Gasteiger partial charge in [-0.15, -0.1) is 0 Å². The minimum Gasteiger partial charge on any atom is -0.444 e. The number of piperidine rings is 1. The zero-order valence-corrected chi connectivity index (χ0v) is 25.3. The van der Waals surface area contributed by atoms with Crippen molar-refractivity contribution >= 4 is 40.5 Å². The number of aromatic nitrogens is 3. The van der Waals surface area contributed by atoms with Crippen LogP contribution in [0.25, 0.3) is 11.0 Å². The van der Waals surface area contributed by atoms with Gasteiger partial charge in [-0.2, -0.15) is 0 Å². The van der Waals surface area contributed by atoms with Gasteiger partial charge >= 0.3 is 6.09 Å². The summed E-state index contributed by atoms with van der Waals surface area (Å²) in [6, 6.07) is 9.31. The number of carbonyl (C=O) groups excluding carboxylic acids is 2. The van der Waals surface area contributed by atoms with E-state index in [-0.39, 0.29) is 11.9 Å². The molecule has 1 atom stereocenters. The van der Waals surface area contributed by atoms with E-state index in [2.05, 4.69) is 40.7 Å². The van der Waals surface area contributed by atoms with Gasteiger partial charge in [0.15, 0.2) is 0 Å². The van der Waals surface area contributed by atoms with Crippen molar-refractivity contribution in [2.24, 2.45) is 0 Å². The highest BCUT2D eigenvalue weighted by molar-refractivity contribution is 6.30. The van der Waals surface area contributed by atoms with Gasteiger partial charge in [-0.05, 0) is 63.8 Å². The molecule has 1 aromatic carbocycles. The number of hydrogen-bond acceptors (Lipinski definition) is 8. The molecule has 4 heterocycles. The van der Waals surface area contributed by atoms with Crippen molar-refractivity contribution < 1.29 is 14.3 Å². The Morgan fingerprint density at radius 2 is 1.79 bits per heavy atom. The van der Waals surface area contributed by atoms with Crippen LogP contribution in [0.2, 0.25) is 5.02 Å². The molecule has 11 nitrogen and oxygen atoms in total. The number of fused-ring (bicyclic) bond motifs is 1. The Kier molecular flexibility index (Phi) is 9.19. The molecule has 226 valence electrons. The van der Waals surface area contributed by atoms with Crippen molar-refractivity contribution in [3.05, 3.63) is 53.4 Å². The maximum atomic E-state index is 14.3. The molecular formula is C30H41ClN8O3. The number of anilines is 1. The molecule has 2 saturated heterocycles. The van der Waals surface area contributed by atoms with E-state index in [0.717, 1.165) is 61.6 Å². The van der Waals surface area contributed by atoms with Crippen molar-refractivity contribution in [2.75, 3.05) is 50.7 Å². The zero-order chi connectivity index (χ0) is 29.7. The molecule has 2 amide bonds. The van der Waals surface area contributed by atoms with Gasteiger partial charge < -0.3 is 35.5 Å². The lowest BCUT2D eigenvalue weighted by molar-refractivity contribution is -0.129. The molecule has 2 fully saturated rings. The van der Waals surface area contributed by atoms with Gasteiger partial charge in [-0.1, -0.05) is 23.7 Å². The van der Waals surface area contributed by atoms with Crippen molar-refractivity contribution in [1.29, 1.82) is 0 Å². The Balaban J connectivity index is 1.36. The van der Waals surface area contributed by atoms with Crippen molar-refractivity contribution in [2.45, 2.75) is 57.2 Å². The first-order valence-corrected chi connectivity index (χ1v) is 15.0. The first kappa shape index (κ1) is 30.1. The SMILES string of the molecule is CC(C)(C)OC(=O)NC1(C(=O)N[C@@H](CCN2CCNCC2)c2ccc(Cl)cc2)CCN(c2ncnc3[nH]ccc23)CC1. The highest BCUT2D eigenvalue weighted by atomic mass is 35.5. The molecule has 2 aromatic heterocycles. The van der Waals surface area contributed by atoms with Gasteiger partial charge in [0.2, 0.25) is 5.91 Å². The topological polar surface area (TPSA) is 128 Å². The second-order valence-corrected chi connectivity index (χ2v) is 12.5. The highest BCUT2D eigenvalue weighted by Crippen LogP contribution is 2.31. The molecule has 4 N–H and O–H groups in total. The highest BCUT2D eigenvalue weighted by Gasteiger charge is 2.45. The number of benzene rings is 1. The number of amides is 2. The number of carbonyl (C=O) groups is 2. The molecule has 0 aliphatic carbocycles. The third-order valence-electron chi connectivity index (χ3n) is 7.95. The van der Waals surface area contributed by atoms with Crippen molar-refractivity contribution in [1.82, 2.24) is 35.8 Å². The van der Waals surface area contributed by atoms with Gasteiger partial charge in [0.25, 0.3) is 0 Å². The Bertz CT molecular complexity index is 1360. The van der Waals surface area contributed by atoms with Gasteiger partial charge in [0.1, 0.15) is 28.9 Å². The third-order valence-corrected chi connectivity index (χ3v) is 8.20. The van der Waals surface area contributed by atoms with Crippen LogP contribution in [0.1, 0.15) is 51.6 Å². The van der Waals surface area contributed by atoms with E-state index in [1.807, 2.05) is 57.3 Å². The summed E-state index contributed by atoms with van der Waals surface area (Å²) in [5.74, 6) is 0.588. The molecular weight excluding hydrogens is 556 g/mol. The van der Waals surface area contributed by atoms with E-state index >= 15 is 0 Å². The summed E-state index contributed by atoms with van der Waals surface area (Å²) >= 11 is 6.19. The molecule has 0 bridgehead atoms. The van der Waals surface area contributed by atoms with Crippen LogP contribution >= 0.6 is 11.6 Å². The number of halogens is 1. The van der Waals surface area contributed by atoms with Gasteiger partial charge in [0, 0.05) is 57.0 Å². The third kappa shape index (κ3) is 7.32. The van der Waals surface area contributed by atoms with Crippen LogP contribution in [-0.2, 0) is 9.53 Å². The first-order chi connectivity index (χ1) is 20.1. The Labute approximate surface area is 251 Å². The second-order valence-electron chi connectivity index (χ2n) is 12.1. The van der Waals surface area contributed by atoms with Gasteiger partial charge in [0.05, 0.1) is 11.4 Å². The molecule has 2 aliphatic rings. The maximum Gasteiger partial charge on any atom is 0.408 e. The second kappa shape index (κ2) is 12.8. The van der Waals surface area contributed by atoms with Crippen molar-refractivity contribution in [3.63, 3.8) is 0 Å². The summed E-state index contributed by atoms with van der Waals surface area (Å²) < 4.78 is 5.61. The van der Waals surface area contributed by atoms with Crippen LogP contribution in [0.3, 0.4) is 0 Å². The van der Waals surface area contributed by atoms with Crippen molar-refractivity contribution in [3.8, 4) is 0 Å². The number of nitrogens with one attached hydrogen (secondary N) is 4. The summed E-state index contributed by atoms with van der Waals surface area (Å²) in [6.07, 6.45) is 4.28. The Morgan fingerprint density at radius 3 is 2.48 bits per heavy atom. The molecule has 5 rings (SSSR count). The molecule has 0 saturated carbocycles. The fourth-order valence-corrected chi connectivity index (χ4v) is 5.80. The van der Waals surface area contributed by atoms with E-state index in [0.29, 0.717) is 31.0 Å². The van der Waals surface area contributed by atoms with E-state index in [1.54, 1.807) is 0 Å². The minimum absolute atomic E-state index is 0.220. The van der Waals surface area contributed by atoms with Gasteiger partial charge in [-0.3, -0.25) is 4.79 Å². The normalized spacial score (nSPS) is 18.4. The zero-order valence-electron chi connectivity index (χ0n) is 24.6. The number of piperazine rings is 1. The standard InChI is InChI=1S/C30H41ClN8O3/c1-29(2,3)42-28(41)37-30(10-16-39(17-11-30)26-23-8-12-33-25(23)34-20-35-26)27(40)36-24(21-4-6-22(31)7-5-21)9-15-38-18-13-32-14-19-38/h4-8,12,20,24,32H,9-11,13-19H2,1-3H3,(H,36,40)(H,37,41)(H,33,34,35)/t24-/m0/s1. The number of aromatic amines is 1. The fourth-order valence-electron chi connectivity index (χ4n) is 5.68. The predicted octanol–water partition coefficient (Wildman–Crippen LogP) is 3.63. The lowest BCUT2D eigenvalue weighted by atomic mass is 9.85. The summed E-state index contributed by atoms with van der Waals surface area (Å²) in [5.41, 5.74) is -0.110. The Morgan fingerprint density at radius 1 is 1.07 bits per heavy atom. The van der Waals surface area contributed by atoms with Crippen LogP contribution in [0.4, 0.5) is 10.6 Å². The Hall–Kier alpha value is -3.41. The number of hydrogen-bond donors (Lipinski definition) is 4. The average molecular weight is 597 g/mol. The van der Waals surface area contributed by atoms with Crippen LogP contribution in [0.15, 0.2) is 42.9 Å². The fraction of sp³-hybridized carbons (Fsp3) is 0.533. The molecule has 0 unspecified atom stereocenters. The first-order valence-electron chi connectivity index (χ1n) is 14.7. The van der Waals surface area contributed by atoms with Gasteiger partial charge in [-0.25, -0.2) is 14.8 Å². The molecule has 2 aliphatic heterocycles. The predicted molar refractivity (Wildman–Crippen MR) is 164 cm³/mol. The van der Waals surface area contributed by atoms with Crippen LogP contribution in [-0.4, -0.2) is 88.8 Å². The molecule has 3 aromatic rings. The largest absolute Gasteiger partial charge is 0.444 e. The van der Waals surface area contributed by atoms with E-state index in [9.17, 15) is 9.59 Å². The molecule has 12 heteroatoms. The van der Waals surface area contributed by atoms with E-state index in [4.69, 9.17) is 16.3 Å². The van der Waals surface area contributed by atoms with E-state index in [1.165, 1.54) is 6.33 Å². The van der Waals surface area contributed by atoms with Crippen LogP contribution < -0.4 is 20.9 Å². The molecule has 42 heavy (non-hydrogen) atoms. The molecule has 0 radical (unpaired) electrons. The number of alkyl carbamates (subject to hydrolysis) is 1. The van der Waals surface area contributed by atoms with E-state index < -0.39 is 17.2 Å².